The van der Waals surface area contributed by atoms with Gasteiger partial charge in [0.05, 0.1) is 4.88 Å². The van der Waals surface area contributed by atoms with Crippen molar-refractivity contribution in [3.05, 3.63) is 21.9 Å². The molecule has 3 amide bonds. The third kappa shape index (κ3) is 3.58. The van der Waals surface area contributed by atoms with Crippen LogP contribution in [0.25, 0.3) is 0 Å². The van der Waals surface area contributed by atoms with E-state index in [-0.39, 0.29) is 5.78 Å². The highest BCUT2D eigenvalue weighted by molar-refractivity contribution is 7.14. The van der Waals surface area contributed by atoms with Gasteiger partial charge in [0.2, 0.25) is 5.78 Å². The SMILES string of the molecule is CC[C@@]1(C)NC(=O)N(CC(=O)OCC(=O)c2ccc(C)s2)C1=O. The van der Waals surface area contributed by atoms with E-state index in [4.69, 9.17) is 4.74 Å². The molecule has 23 heavy (non-hydrogen) atoms. The normalized spacial score (nSPS) is 20.6. The molecule has 0 aromatic carbocycles. The van der Waals surface area contributed by atoms with Gasteiger partial charge in [-0.3, -0.25) is 19.3 Å². The third-order valence-corrected chi connectivity index (χ3v) is 4.76. The molecule has 7 nitrogen and oxygen atoms in total. The molecule has 1 aromatic heterocycles. The van der Waals surface area contributed by atoms with Crippen molar-refractivity contribution >= 4 is 35.0 Å². The Kier molecular flexibility index (Phi) is 4.84. The molecular weight excluding hydrogens is 320 g/mol. The number of thiophene rings is 1. The summed E-state index contributed by atoms with van der Waals surface area (Å²) in [6.07, 6.45) is 0.416. The molecular formula is C15H18N2O5S. The van der Waals surface area contributed by atoms with Crippen molar-refractivity contribution in [2.45, 2.75) is 32.7 Å². The van der Waals surface area contributed by atoms with Gasteiger partial charge in [0.1, 0.15) is 12.1 Å². The Balaban J connectivity index is 1.89. The smallest absolute Gasteiger partial charge is 0.326 e. The quantitative estimate of drug-likeness (QED) is 0.482. The van der Waals surface area contributed by atoms with E-state index in [1.807, 2.05) is 6.92 Å². The average molecular weight is 338 g/mol. The molecule has 1 aromatic rings. The molecule has 1 aliphatic rings. The summed E-state index contributed by atoms with van der Waals surface area (Å²) in [6.45, 7) is 4.32. The third-order valence-electron chi connectivity index (χ3n) is 3.72. The predicted molar refractivity (Wildman–Crippen MR) is 83.3 cm³/mol. The molecule has 0 saturated carbocycles. The van der Waals surface area contributed by atoms with Crippen LogP contribution in [-0.4, -0.2) is 47.3 Å². The molecule has 0 bridgehead atoms. The zero-order valence-electron chi connectivity index (χ0n) is 13.2. The standard InChI is InChI=1S/C15H18N2O5S/c1-4-15(3)13(20)17(14(21)16-15)7-12(19)22-8-10(18)11-6-5-9(2)23-11/h5-6H,4,7-8H2,1-3H3,(H,16,21)/t15-/m1/s1. The van der Waals surface area contributed by atoms with Crippen LogP contribution in [0.15, 0.2) is 12.1 Å². The fraction of sp³-hybridized carbons (Fsp3) is 0.467. The van der Waals surface area contributed by atoms with Crippen molar-refractivity contribution in [2.24, 2.45) is 0 Å². The van der Waals surface area contributed by atoms with Crippen LogP contribution >= 0.6 is 11.3 Å². The molecule has 8 heteroatoms. The fourth-order valence-corrected chi connectivity index (χ4v) is 2.90. The summed E-state index contributed by atoms with van der Waals surface area (Å²) in [5.74, 6) is -1.58. The molecule has 1 saturated heterocycles. The number of imide groups is 1. The van der Waals surface area contributed by atoms with Gasteiger partial charge in [-0.1, -0.05) is 6.92 Å². The Morgan fingerprint density at radius 1 is 1.35 bits per heavy atom. The van der Waals surface area contributed by atoms with Crippen molar-refractivity contribution in [1.82, 2.24) is 10.2 Å². The molecule has 1 aliphatic heterocycles. The number of Topliss-reactive ketones (excluding diaryl/α,β-unsaturated/α-hetero) is 1. The second kappa shape index (κ2) is 6.49. The lowest BCUT2D eigenvalue weighted by molar-refractivity contribution is -0.146. The number of carbonyl (C=O) groups is 4. The monoisotopic (exact) mass is 338 g/mol. The van der Waals surface area contributed by atoms with Crippen molar-refractivity contribution < 1.29 is 23.9 Å². The highest BCUT2D eigenvalue weighted by Crippen LogP contribution is 2.20. The predicted octanol–water partition coefficient (Wildman–Crippen LogP) is 1.50. The Hall–Kier alpha value is -2.22. The highest BCUT2D eigenvalue weighted by Gasteiger charge is 2.47. The van der Waals surface area contributed by atoms with E-state index in [1.54, 1.807) is 26.0 Å². The van der Waals surface area contributed by atoms with E-state index in [0.717, 1.165) is 9.78 Å². The summed E-state index contributed by atoms with van der Waals surface area (Å²) < 4.78 is 4.87. The van der Waals surface area contributed by atoms with Gasteiger partial charge < -0.3 is 10.1 Å². The van der Waals surface area contributed by atoms with Gasteiger partial charge in [-0.25, -0.2) is 4.79 Å². The maximum Gasteiger partial charge on any atom is 0.326 e. The number of nitrogens with zero attached hydrogens (tertiary/aromatic N) is 1. The maximum absolute atomic E-state index is 12.1. The van der Waals surface area contributed by atoms with Crippen LogP contribution in [-0.2, 0) is 14.3 Å². The first-order valence-corrected chi connectivity index (χ1v) is 7.98. The van der Waals surface area contributed by atoms with Gasteiger partial charge >= 0.3 is 12.0 Å². The van der Waals surface area contributed by atoms with Gasteiger partial charge in [-0.2, -0.15) is 0 Å². The number of ketones is 1. The Morgan fingerprint density at radius 3 is 2.57 bits per heavy atom. The molecule has 0 unspecified atom stereocenters. The molecule has 0 spiro atoms. The second-order valence-corrected chi connectivity index (χ2v) is 6.79. The number of hydrogen-bond acceptors (Lipinski definition) is 6. The maximum atomic E-state index is 12.1. The van der Waals surface area contributed by atoms with Crippen LogP contribution in [0.5, 0.6) is 0 Å². The van der Waals surface area contributed by atoms with Crippen LogP contribution in [0, 0.1) is 6.92 Å². The van der Waals surface area contributed by atoms with Gasteiger partial charge in [0, 0.05) is 4.88 Å². The van der Waals surface area contributed by atoms with E-state index < -0.39 is 36.6 Å². The average Bonchev–Trinajstić information content (AvgIpc) is 3.03. The summed E-state index contributed by atoms with van der Waals surface area (Å²) in [5, 5.41) is 2.54. The van der Waals surface area contributed by atoms with Crippen molar-refractivity contribution in [3.63, 3.8) is 0 Å². The number of hydrogen-bond donors (Lipinski definition) is 1. The van der Waals surface area contributed by atoms with Crippen LogP contribution in [0.3, 0.4) is 0 Å². The van der Waals surface area contributed by atoms with E-state index in [1.165, 1.54) is 11.3 Å². The van der Waals surface area contributed by atoms with Crippen molar-refractivity contribution in [3.8, 4) is 0 Å². The number of esters is 1. The number of amides is 3. The highest BCUT2D eigenvalue weighted by atomic mass is 32.1. The molecule has 2 heterocycles. The van der Waals surface area contributed by atoms with Crippen LogP contribution < -0.4 is 5.32 Å². The van der Waals surface area contributed by atoms with Gasteiger partial charge in [-0.15, -0.1) is 11.3 Å². The first-order valence-electron chi connectivity index (χ1n) is 7.16. The molecule has 1 fully saturated rings. The first-order chi connectivity index (χ1) is 10.8. The number of urea groups is 1. The minimum absolute atomic E-state index is 0.313. The van der Waals surface area contributed by atoms with Gasteiger partial charge in [0.15, 0.2) is 6.61 Å². The minimum atomic E-state index is -0.998. The lowest BCUT2D eigenvalue weighted by atomic mass is 9.99. The van der Waals surface area contributed by atoms with Gasteiger partial charge in [-0.05, 0) is 32.4 Å². The lowest BCUT2D eigenvalue weighted by Gasteiger charge is -2.18. The summed E-state index contributed by atoms with van der Waals surface area (Å²) >= 11 is 1.31. The fourth-order valence-electron chi connectivity index (χ4n) is 2.11. The van der Waals surface area contributed by atoms with Gasteiger partial charge in [0.25, 0.3) is 5.91 Å². The molecule has 124 valence electrons. The molecule has 0 radical (unpaired) electrons. The minimum Gasteiger partial charge on any atom is -0.456 e. The summed E-state index contributed by atoms with van der Waals surface area (Å²) in [4.78, 5) is 49.8. The van der Waals surface area contributed by atoms with Crippen LogP contribution in [0.4, 0.5) is 4.79 Å². The largest absolute Gasteiger partial charge is 0.456 e. The number of carbonyl (C=O) groups excluding carboxylic acids is 4. The molecule has 2 rings (SSSR count). The van der Waals surface area contributed by atoms with Crippen LogP contribution in [0.1, 0.15) is 34.8 Å². The summed E-state index contributed by atoms with van der Waals surface area (Å²) in [7, 11) is 0. The molecule has 0 aliphatic carbocycles. The number of aryl methyl sites for hydroxylation is 1. The zero-order valence-corrected chi connectivity index (χ0v) is 14.0. The lowest BCUT2D eigenvalue weighted by Crippen LogP contribution is -2.43. The van der Waals surface area contributed by atoms with Crippen molar-refractivity contribution in [2.75, 3.05) is 13.2 Å². The van der Waals surface area contributed by atoms with E-state index >= 15 is 0 Å². The van der Waals surface area contributed by atoms with E-state index in [2.05, 4.69) is 5.32 Å². The Labute approximate surface area is 137 Å². The van der Waals surface area contributed by atoms with E-state index in [0.29, 0.717) is 11.3 Å². The number of rotatable bonds is 6. The number of nitrogens with one attached hydrogen (secondary N) is 1. The Bertz CT molecular complexity index is 669. The summed E-state index contributed by atoms with van der Waals surface area (Å²) in [6, 6.07) is 2.84. The van der Waals surface area contributed by atoms with Crippen LogP contribution in [0.2, 0.25) is 0 Å². The van der Waals surface area contributed by atoms with Crippen molar-refractivity contribution in [1.29, 1.82) is 0 Å². The zero-order chi connectivity index (χ0) is 17.2. The van der Waals surface area contributed by atoms with E-state index in [9.17, 15) is 19.2 Å². The first kappa shape index (κ1) is 17.1. The topological polar surface area (TPSA) is 92.8 Å². The number of ether oxygens (including phenoxy) is 1. The second-order valence-electron chi connectivity index (χ2n) is 5.50. The molecule has 1 N–H and O–H groups in total. The molecule has 1 atom stereocenters. The Morgan fingerprint density at radius 2 is 2.04 bits per heavy atom. The summed E-state index contributed by atoms with van der Waals surface area (Å²) in [5.41, 5.74) is -0.998.